The van der Waals surface area contributed by atoms with Crippen LogP contribution in [-0.4, -0.2) is 35.9 Å². The fraction of sp³-hybridized carbons (Fsp3) is 0.636. The Bertz CT molecular complexity index is 540. The van der Waals surface area contributed by atoms with Crippen molar-refractivity contribution in [1.29, 1.82) is 5.26 Å². The molecule has 0 saturated heterocycles. The predicted molar refractivity (Wildman–Crippen MR) is 65.6 cm³/mol. The summed E-state index contributed by atoms with van der Waals surface area (Å²) < 4.78 is 30.8. The van der Waals surface area contributed by atoms with Crippen LogP contribution in [0.1, 0.15) is 20.8 Å². The van der Waals surface area contributed by atoms with Crippen molar-refractivity contribution in [2.75, 3.05) is 12.4 Å². The third-order valence-electron chi connectivity index (χ3n) is 2.38. The van der Waals surface area contributed by atoms with E-state index in [1.165, 1.54) is 6.20 Å². The Balaban J connectivity index is 2.70. The van der Waals surface area contributed by atoms with Gasteiger partial charge in [0.05, 0.1) is 18.4 Å². The van der Waals surface area contributed by atoms with E-state index >= 15 is 0 Å². The van der Waals surface area contributed by atoms with E-state index in [1.807, 2.05) is 13.0 Å². The Hall–Kier alpha value is -1.39. The molecule has 0 saturated carbocycles. The van der Waals surface area contributed by atoms with Gasteiger partial charge in [-0.05, 0) is 20.8 Å². The van der Waals surface area contributed by atoms with Gasteiger partial charge in [0.1, 0.15) is 5.60 Å². The minimum Gasteiger partial charge on any atom is -0.360 e. The summed E-state index contributed by atoms with van der Waals surface area (Å²) >= 11 is 0. The summed E-state index contributed by atoms with van der Waals surface area (Å²) in [6, 6.07) is 1.95. The van der Waals surface area contributed by atoms with Crippen molar-refractivity contribution in [3.8, 4) is 6.07 Å². The Morgan fingerprint density at radius 3 is 2.78 bits per heavy atom. The van der Waals surface area contributed by atoms with Crippen LogP contribution in [0.4, 0.5) is 0 Å². The molecule has 0 fully saturated rings. The second-order valence-corrected chi connectivity index (χ2v) is 6.29. The van der Waals surface area contributed by atoms with E-state index in [2.05, 4.69) is 4.98 Å². The highest BCUT2D eigenvalue weighted by atomic mass is 32.2. The highest BCUT2D eigenvalue weighted by Gasteiger charge is 2.23. The van der Waals surface area contributed by atoms with Gasteiger partial charge in [-0.25, -0.2) is 13.4 Å². The molecule has 0 N–H and O–H groups in total. The predicted octanol–water partition coefficient (Wildman–Crippen LogP) is 0.995. The van der Waals surface area contributed by atoms with Gasteiger partial charge in [0.25, 0.3) is 0 Å². The van der Waals surface area contributed by atoms with Crippen LogP contribution in [0.3, 0.4) is 0 Å². The standard InChI is InChI=1S/C11H17N3O3S/c1-4-14-6-5-13-10(14)18(15,16)8-7-17-11(2,3)9-12/h5-6H,4,7-8H2,1-3H3. The normalized spacial score (nSPS) is 12.3. The number of rotatable bonds is 6. The lowest BCUT2D eigenvalue weighted by atomic mass is 10.2. The summed E-state index contributed by atoms with van der Waals surface area (Å²) in [5.74, 6) is -0.185. The minimum absolute atomic E-state index is 0.0283. The van der Waals surface area contributed by atoms with Gasteiger partial charge in [-0.2, -0.15) is 5.26 Å². The molecule has 100 valence electrons. The van der Waals surface area contributed by atoms with Crippen LogP contribution >= 0.6 is 0 Å². The van der Waals surface area contributed by atoms with Gasteiger partial charge in [-0.3, -0.25) is 0 Å². The maximum absolute atomic E-state index is 12.0. The molecule has 0 radical (unpaired) electrons. The first-order chi connectivity index (χ1) is 8.32. The second kappa shape index (κ2) is 5.50. The lowest BCUT2D eigenvalue weighted by Crippen LogP contribution is -2.26. The van der Waals surface area contributed by atoms with E-state index in [0.717, 1.165) is 0 Å². The largest absolute Gasteiger partial charge is 0.360 e. The van der Waals surface area contributed by atoms with Crippen molar-refractivity contribution in [2.45, 2.75) is 38.1 Å². The van der Waals surface area contributed by atoms with E-state index in [0.29, 0.717) is 6.54 Å². The molecule has 1 aromatic heterocycles. The van der Waals surface area contributed by atoms with Crippen LogP contribution in [0, 0.1) is 11.3 Å². The van der Waals surface area contributed by atoms with Gasteiger partial charge in [-0.15, -0.1) is 0 Å². The maximum atomic E-state index is 12.0. The van der Waals surface area contributed by atoms with Crippen molar-refractivity contribution in [1.82, 2.24) is 9.55 Å². The average molecular weight is 271 g/mol. The second-order valence-electron chi connectivity index (χ2n) is 4.29. The summed E-state index contributed by atoms with van der Waals surface area (Å²) in [6.07, 6.45) is 3.07. The van der Waals surface area contributed by atoms with Crippen LogP contribution in [0.2, 0.25) is 0 Å². The molecule has 1 rings (SSSR count). The zero-order valence-electron chi connectivity index (χ0n) is 10.8. The van der Waals surface area contributed by atoms with Gasteiger partial charge >= 0.3 is 0 Å². The molecule has 0 aromatic carbocycles. The summed E-state index contributed by atoms with van der Waals surface area (Å²) in [5, 5.41) is 8.79. The molecule has 0 spiro atoms. The molecular formula is C11H17N3O3S. The molecule has 0 bridgehead atoms. The number of hydrogen-bond donors (Lipinski definition) is 0. The number of hydrogen-bond acceptors (Lipinski definition) is 5. The monoisotopic (exact) mass is 271 g/mol. The van der Waals surface area contributed by atoms with Crippen molar-refractivity contribution in [3.05, 3.63) is 12.4 Å². The number of ether oxygens (including phenoxy) is 1. The Morgan fingerprint density at radius 1 is 1.56 bits per heavy atom. The van der Waals surface area contributed by atoms with Gasteiger partial charge in [0, 0.05) is 18.9 Å². The number of aryl methyl sites for hydroxylation is 1. The quantitative estimate of drug-likeness (QED) is 0.770. The van der Waals surface area contributed by atoms with Crippen molar-refractivity contribution in [3.63, 3.8) is 0 Å². The van der Waals surface area contributed by atoms with Crippen LogP contribution in [-0.2, 0) is 21.1 Å². The van der Waals surface area contributed by atoms with Gasteiger partial charge < -0.3 is 9.30 Å². The zero-order valence-corrected chi connectivity index (χ0v) is 11.6. The first kappa shape index (κ1) is 14.7. The maximum Gasteiger partial charge on any atom is 0.227 e. The van der Waals surface area contributed by atoms with Crippen LogP contribution < -0.4 is 0 Å². The zero-order chi connectivity index (χ0) is 13.8. The van der Waals surface area contributed by atoms with Crippen LogP contribution in [0.15, 0.2) is 17.6 Å². The Morgan fingerprint density at radius 2 is 2.22 bits per heavy atom. The molecule has 0 aliphatic heterocycles. The summed E-state index contributed by atoms with van der Waals surface area (Å²) in [4.78, 5) is 3.85. The third-order valence-corrected chi connectivity index (χ3v) is 3.98. The van der Waals surface area contributed by atoms with Crippen molar-refractivity contribution in [2.24, 2.45) is 0 Å². The third kappa shape index (κ3) is 3.55. The number of nitrogens with zero attached hydrogens (tertiary/aromatic N) is 3. The number of sulfone groups is 1. The number of nitriles is 1. The fourth-order valence-corrected chi connectivity index (χ4v) is 2.60. The molecule has 6 nitrogen and oxygen atoms in total. The van der Waals surface area contributed by atoms with Crippen LogP contribution in [0.25, 0.3) is 0 Å². The fourth-order valence-electron chi connectivity index (χ4n) is 1.35. The lowest BCUT2D eigenvalue weighted by molar-refractivity contribution is 0.0357. The highest BCUT2D eigenvalue weighted by molar-refractivity contribution is 7.91. The topological polar surface area (TPSA) is 85.0 Å². The van der Waals surface area contributed by atoms with Gasteiger partial charge in [0.15, 0.2) is 0 Å². The molecule has 1 heterocycles. The Labute approximate surface area is 107 Å². The van der Waals surface area contributed by atoms with Crippen LogP contribution in [0.5, 0.6) is 0 Å². The van der Waals surface area contributed by atoms with E-state index in [4.69, 9.17) is 10.00 Å². The van der Waals surface area contributed by atoms with Crippen molar-refractivity contribution >= 4 is 9.84 Å². The minimum atomic E-state index is -3.47. The summed E-state index contributed by atoms with van der Waals surface area (Å²) in [7, 11) is -3.47. The number of imidazole rings is 1. The lowest BCUT2D eigenvalue weighted by Gasteiger charge is -2.16. The van der Waals surface area contributed by atoms with Crippen molar-refractivity contribution < 1.29 is 13.2 Å². The van der Waals surface area contributed by atoms with E-state index in [-0.39, 0.29) is 17.5 Å². The smallest absolute Gasteiger partial charge is 0.227 e. The molecule has 1 aromatic rings. The van der Waals surface area contributed by atoms with E-state index in [1.54, 1.807) is 24.6 Å². The molecule has 0 atom stereocenters. The van der Waals surface area contributed by atoms with E-state index in [9.17, 15) is 8.42 Å². The van der Waals surface area contributed by atoms with E-state index < -0.39 is 15.4 Å². The summed E-state index contributed by atoms with van der Waals surface area (Å²) in [5.41, 5.74) is -0.976. The summed E-state index contributed by atoms with van der Waals surface area (Å²) in [6.45, 7) is 5.54. The van der Waals surface area contributed by atoms with Gasteiger partial charge in [0.2, 0.25) is 15.0 Å². The molecular weight excluding hydrogens is 254 g/mol. The molecule has 7 heteroatoms. The first-order valence-electron chi connectivity index (χ1n) is 5.61. The molecule has 18 heavy (non-hydrogen) atoms. The Kier molecular flexibility index (Phi) is 4.48. The molecule has 0 aliphatic carbocycles. The van der Waals surface area contributed by atoms with Gasteiger partial charge in [-0.1, -0.05) is 0 Å². The highest BCUT2D eigenvalue weighted by Crippen LogP contribution is 2.11. The molecule has 0 unspecified atom stereocenters. The average Bonchev–Trinajstić information content (AvgIpc) is 2.77. The molecule has 0 aliphatic rings. The number of aromatic nitrogens is 2. The SMILES string of the molecule is CCn1ccnc1S(=O)(=O)CCOC(C)(C)C#N. The first-order valence-corrected chi connectivity index (χ1v) is 7.27. The molecule has 0 amide bonds.